The van der Waals surface area contributed by atoms with Crippen molar-refractivity contribution in [3.63, 3.8) is 0 Å². The van der Waals surface area contributed by atoms with Gasteiger partial charge in [-0.05, 0) is 62.2 Å². The van der Waals surface area contributed by atoms with E-state index in [-0.39, 0.29) is 10.7 Å². The second-order valence-corrected chi connectivity index (χ2v) is 7.76. The van der Waals surface area contributed by atoms with Crippen molar-refractivity contribution in [1.29, 1.82) is 0 Å². The topological polar surface area (TPSA) is 59.1 Å². The first-order chi connectivity index (χ1) is 8.88. The fourth-order valence-corrected chi connectivity index (χ4v) is 4.19. The monoisotopic (exact) mass is 468 g/mol. The third-order valence-electron chi connectivity index (χ3n) is 2.14. The average molecular weight is 471 g/mol. The standard InChI is InChI=1S/C11H7Br3N2O2S/c12-7-4-5-8(13)9(6-7)19(17,18)16-11-3-1-2-10(14)15-11/h1-6H,(H,15,16). The number of anilines is 1. The van der Waals surface area contributed by atoms with Gasteiger partial charge in [0.2, 0.25) is 0 Å². The van der Waals surface area contributed by atoms with Crippen LogP contribution in [0.15, 0.2) is 54.8 Å². The molecule has 0 amide bonds. The fraction of sp³-hybridized carbons (Fsp3) is 0. The lowest BCUT2D eigenvalue weighted by Crippen LogP contribution is -2.14. The van der Waals surface area contributed by atoms with Gasteiger partial charge < -0.3 is 0 Å². The van der Waals surface area contributed by atoms with Crippen LogP contribution in [0.4, 0.5) is 5.82 Å². The summed E-state index contributed by atoms with van der Waals surface area (Å²) >= 11 is 9.66. The first-order valence-corrected chi connectivity index (χ1v) is 8.85. The van der Waals surface area contributed by atoms with Gasteiger partial charge in [-0.3, -0.25) is 4.72 Å². The zero-order valence-corrected chi connectivity index (χ0v) is 14.8. The van der Waals surface area contributed by atoms with Crippen LogP contribution in [0.3, 0.4) is 0 Å². The molecule has 0 saturated heterocycles. The van der Waals surface area contributed by atoms with Crippen LogP contribution in [0.2, 0.25) is 0 Å². The van der Waals surface area contributed by atoms with Crippen molar-refractivity contribution >= 4 is 63.6 Å². The van der Waals surface area contributed by atoms with Gasteiger partial charge in [-0.15, -0.1) is 0 Å². The summed E-state index contributed by atoms with van der Waals surface area (Å²) in [7, 11) is -3.69. The molecule has 0 aliphatic rings. The Morgan fingerprint density at radius 1 is 1.05 bits per heavy atom. The highest BCUT2D eigenvalue weighted by Gasteiger charge is 2.18. The maximum atomic E-state index is 12.3. The van der Waals surface area contributed by atoms with Crippen LogP contribution >= 0.6 is 47.8 Å². The lowest BCUT2D eigenvalue weighted by Gasteiger charge is -2.09. The van der Waals surface area contributed by atoms with Crippen molar-refractivity contribution in [2.45, 2.75) is 4.90 Å². The summed E-state index contributed by atoms with van der Waals surface area (Å²) < 4.78 is 28.7. The molecular formula is C11H7Br3N2O2S. The van der Waals surface area contributed by atoms with E-state index in [2.05, 4.69) is 57.5 Å². The van der Waals surface area contributed by atoms with E-state index < -0.39 is 10.0 Å². The average Bonchev–Trinajstić information content (AvgIpc) is 2.31. The van der Waals surface area contributed by atoms with Gasteiger partial charge in [-0.1, -0.05) is 22.0 Å². The van der Waals surface area contributed by atoms with Crippen molar-refractivity contribution in [3.05, 3.63) is 49.9 Å². The van der Waals surface area contributed by atoms with E-state index in [4.69, 9.17) is 0 Å². The molecule has 0 atom stereocenters. The molecule has 0 radical (unpaired) electrons. The number of benzene rings is 1. The van der Waals surface area contributed by atoms with E-state index in [0.29, 0.717) is 13.5 Å². The maximum absolute atomic E-state index is 12.3. The van der Waals surface area contributed by atoms with Gasteiger partial charge in [-0.25, -0.2) is 13.4 Å². The summed E-state index contributed by atoms with van der Waals surface area (Å²) in [6.07, 6.45) is 0. The number of nitrogens with zero attached hydrogens (tertiary/aromatic N) is 1. The van der Waals surface area contributed by atoms with E-state index >= 15 is 0 Å². The van der Waals surface area contributed by atoms with Crippen LogP contribution in [0.1, 0.15) is 0 Å². The number of hydrogen-bond donors (Lipinski definition) is 1. The van der Waals surface area contributed by atoms with Crippen LogP contribution in [0.25, 0.3) is 0 Å². The summed E-state index contributed by atoms with van der Waals surface area (Å²) in [5, 5.41) is 0. The lowest BCUT2D eigenvalue weighted by atomic mass is 10.4. The Morgan fingerprint density at radius 2 is 1.79 bits per heavy atom. The minimum Gasteiger partial charge on any atom is -0.263 e. The first kappa shape index (κ1) is 15.0. The SMILES string of the molecule is O=S(=O)(Nc1cccc(Br)n1)c1cc(Br)ccc1Br. The number of halogens is 3. The van der Waals surface area contributed by atoms with Crippen LogP contribution in [-0.2, 0) is 10.0 Å². The summed E-state index contributed by atoms with van der Waals surface area (Å²) in [6.45, 7) is 0. The van der Waals surface area contributed by atoms with Crippen LogP contribution < -0.4 is 4.72 Å². The van der Waals surface area contributed by atoms with Gasteiger partial charge in [0.1, 0.15) is 15.3 Å². The zero-order valence-electron chi connectivity index (χ0n) is 9.27. The normalized spacial score (nSPS) is 11.3. The molecule has 0 aliphatic carbocycles. The summed E-state index contributed by atoms with van der Waals surface area (Å²) in [6, 6.07) is 9.92. The van der Waals surface area contributed by atoms with Gasteiger partial charge in [0.15, 0.2) is 0 Å². The Kier molecular flexibility index (Phi) is 4.65. The highest BCUT2D eigenvalue weighted by molar-refractivity contribution is 9.11. The number of nitrogens with one attached hydrogen (secondary N) is 1. The van der Waals surface area contributed by atoms with Crippen molar-refractivity contribution < 1.29 is 8.42 Å². The van der Waals surface area contributed by atoms with Crippen molar-refractivity contribution in [1.82, 2.24) is 4.98 Å². The van der Waals surface area contributed by atoms with E-state index in [0.717, 1.165) is 0 Å². The molecule has 1 N–H and O–H groups in total. The number of sulfonamides is 1. The minimum atomic E-state index is -3.69. The molecule has 1 heterocycles. The maximum Gasteiger partial charge on any atom is 0.264 e. The smallest absolute Gasteiger partial charge is 0.263 e. The molecule has 0 unspecified atom stereocenters. The Hall–Kier alpha value is -0.440. The molecule has 1 aromatic carbocycles. The first-order valence-electron chi connectivity index (χ1n) is 4.99. The van der Waals surface area contributed by atoms with E-state index in [1.807, 2.05) is 0 Å². The molecule has 2 rings (SSSR count). The van der Waals surface area contributed by atoms with Crippen molar-refractivity contribution in [3.8, 4) is 0 Å². The molecule has 0 saturated carbocycles. The van der Waals surface area contributed by atoms with Crippen molar-refractivity contribution in [2.75, 3.05) is 4.72 Å². The molecule has 0 spiro atoms. The third kappa shape index (κ3) is 3.77. The predicted molar refractivity (Wildman–Crippen MR) is 84.6 cm³/mol. The largest absolute Gasteiger partial charge is 0.264 e. The molecule has 100 valence electrons. The third-order valence-corrected chi connectivity index (χ3v) is 5.42. The number of aromatic nitrogens is 1. The Morgan fingerprint density at radius 3 is 2.47 bits per heavy atom. The van der Waals surface area contributed by atoms with Gasteiger partial charge in [0.05, 0.1) is 0 Å². The Balaban J connectivity index is 2.40. The van der Waals surface area contributed by atoms with Gasteiger partial charge >= 0.3 is 0 Å². The molecule has 8 heteroatoms. The summed E-state index contributed by atoms with van der Waals surface area (Å²) in [4.78, 5) is 4.18. The molecule has 0 fully saturated rings. The van der Waals surface area contributed by atoms with Crippen LogP contribution in [0, 0.1) is 0 Å². The highest BCUT2D eigenvalue weighted by Crippen LogP contribution is 2.27. The number of hydrogen-bond acceptors (Lipinski definition) is 3. The molecule has 2 aromatic rings. The summed E-state index contributed by atoms with van der Waals surface area (Å²) in [5.41, 5.74) is 0. The van der Waals surface area contributed by atoms with E-state index in [1.165, 1.54) is 6.07 Å². The zero-order chi connectivity index (χ0) is 14.0. The van der Waals surface area contributed by atoms with Crippen LogP contribution in [0.5, 0.6) is 0 Å². The van der Waals surface area contributed by atoms with E-state index in [9.17, 15) is 8.42 Å². The molecule has 0 aliphatic heterocycles. The number of rotatable bonds is 3. The van der Waals surface area contributed by atoms with E-state index in [1.54, 1.807) is 30.3 Å². The second kappa shape index (κ2) is 5.90. The van der Waals surface area contributed by atoms with Crippen LogP contribution in [-0.4, -0.2) is 13.4 Å². The van der Waals surface area contributed by atoms with Gasteiger partial charge in [-0.2, -0.15) is 0 Å². The van der Waals surface area contributed by atoms with Crippen molar-refractivity contribution in [2.24, 2.45) is 0 Å². The number of pyridine rings is 1. The Labute approximate surface area is 136 Å². The Bertz CT molecular complexity index is 720. The highest BCUT2D eigenvalue weighted by atomic mass is 79.9. The molecule has 4 nitrogen and oxygen atoms in total. The van der Waals surface area contributed by atoms with Gasteiger partial charge in [0.25, 0.3) is 10.0 Å². The fourth-order valence-electron chi connectivity index (χ4n) is 1.34. The molecule has 1 aromatic heterocycles. The lowest BCUT2D eigenvalue weighted by molar-refractivity contribution is 0.600. The molecule has 19 heavy (non-hydrogen) atoms. The second-order valence-electron chi connectivity index (χ2n) is 3.53. The molecular weight excluding hydrogens is 464 g/mol. The molecule has 0 bridgehead atoms. The summed E-state index contributed by atoms with van der Waals surface area (Å²) in [5.74, 6) is 0.251. The predicted octanol–water partition coefficient (Wildman–Crippen LogP) is 4.17. The quantitative estimate of drug-likeness (QED) is 0.685. The van der Waals surface area contributed by atoms with Gasteiger partial charge in [0, 0.05) is 8.95 Å². The minimum absolute atomic E-state index is 0.142.